The summed E-state index contributed by atoms with van der Waals surface area (Å²) in [5, 5.41) is 9.84. The minimum atomic E-state index is -0.781. The number of likely N-dealkylation sites (N-methyl/N-ethyl adjacent to an activating group) is 1. The normalized spacial score (nSPS) is 21.2. The Balaban J connectivity index is 2.32. The zero-order valence-electron chi connectivity index (χ0n) is 11.9. The van der Waals surface area contributed by atoms with Crippen molar-refractivity contribution in [1.82, 2.24) is 4.90 Å². The summed E-state index contributed by atoms with van der Waals surface area (Å²) in [6, 6.07) is 5.46. The third-order valence-corrected chi connectivity index (χ3v) is 3.71. The van der Waals surface area contributed by atoms with Crippen LogP contribution in [0.2, 0.25) is 0 Å². The van der Waals surface area contributed by atoms with Crippen molar-refractivity contribution in [3.8, 4) is 0 Å². The van der Waals surface area contributed by atoms with E-state index in [1.807, 2.05) is 6.07 Å². The van der Waals surface area contributed by atoms with Crippen molar-refractivity contribution in [3.63, 3.8) is 0 Å². The minimum absolute atomic E-state index is 0.317. The molecule has 2 rings (SSSR count). The van der Waals surface area contributed by atoms with Crippen molar-refractivity contribution < 1.29 is 9.50 Å². The Morgan fingerprint density at radius 3 is 2.84 bits per heavy atom. The summed E-state index contributed by atoms with van der Waals surface area (Å²) in [6.45, 7) is 3.51. The van der Waals surface area contributed by atoms with Crippen LogP contribution in [0, 0.1) is 5.82 Å². The number of aliphatic hydroxyl groups excluding tert-OH is 1. The number of rotatable bonds is 4. The van der Waals surface area contributed by atoms with Crippen molar-refractivity contribution in [2.75, 3.05) is 32.1 Å². The van der Waals surface area contributed by atoms with Crippen LogP contribution in [-0.2, 0) is 0 Å². The van der Waals surface area contributed by atoms with Gasteiger partial charge in [0.2, 0.25) is 0 Å². The fourth-order valence-corrected chi connectivity index (χ4v) is 2.95. The molecule has 0 saturated carbocycles. The molecule has 1 aliphatic heterocycles. The molecule has 1 fully saturated rings. The lowest BCUT2D eigenvalue weighted by molar-refractivity contribution is 0.194. The number of halogens is 1. The molecule has 2 atom stereocenters. The number of benzene rings is 1. The predicted molar refractivity (Wildman–Crippen MR) is 76.0 cm³/mol. The Bertz CT molecular complexity index is 434. The van der Waals surface area contributed by atoms with E-state index < -0.39 is 6.10 Å². The van der Waals surface area contributed by atoms with E-state index in [2.05, 4.69) is 23.9 Å². The molecule has 1 heterocycles. The van der Waals surface area contributed by atoms with Crippen LogP contribution in [0.5, 0.6) is 0 Å². The van der Waals surface area contributed by atoms with Gasteiger partial charge in [0.1, 0.15) is 5.82 Å². The second-order valence-electron chi connectivity index (χ2n) is 5.60. The molecule has 4 heteroatoms. The summed E-state index contributed by atoms with van der Waals surface area (Å²) >= 11 is 0. The van der Waals surface area contributed by atoms with Crippen molar-refractivity contribution in [2.24, 2.45) is 0 Å². The molecule has 1 saturated heterocycles. The Kier molecular flexibility index (Phi) is 4.42. The van der Waals surface area contributed by atoms with Gasteiger partial charge in [-0.15, -0.1) is 0 Å². The fraction of sp³-hybridized carbons (Fsp3) is 0.600. The first-order valence-corrected chi connectivity index (χ1v) is 6.88. The third-order valence-electron chi connectivity index (χ3n) is 3.71. The van der Waals surface area contributed by atoms with Crippen LogP contribution in [0.4, 0.5) is 10.1 Å². The van der Waals surface area contributed by atoms with Gasteiger partial charge in [-0.3, -0.25) is 0 Å². The Hall–Kier alpha value is -1.13. The highest BCUT2D eigenvalue weighted by molar-refractivity contribution is 5.56. The van der Waals surface area contributed by atoms with Gasteiger partial charge in [-0.05, 0) is 46.0 Å². The second-order valence-corrected chi connectivity index (χ2v) is 5.60. The molecule has 0 bridgehead atoms. The Morgan fingerprint density at radius 2 is 2.21 bits per heavy atom. The summed E-state index contributed by atoms with van der Waals surface area (Å²) in [5.74, 6) is -0.317. The monoisotopic (exact) mass is 266 g/mol. The zero-order valence-corrected chi connectivity index (χ0v) is 11.9. The van der Waals surface area contributed by atoms with Crippen LogP contribution in [0.25, 0.3) is 0 Å². The maximum atomic E-state index is 13.9. The van der Waals surface area contributed by atoms with Crippen molar-refractivity contribution >= 4 is 5.69 Å². The van der Waals surface area contributed by atoms with Crippen LogP contribution in [0.1, 0.15) is 31.4 Å². The Labute approximate surface area is 114 Å². The van der Waals surface area contributed by atoms with Gasteiger partial charge in [-0.1, -0.05) is 6.07 Å². The molecule has 1 unspecified atom stereocenters. The lowest BCUT2D eigenvalue weighted by Gasteiger charge is -2.31. The molecule has 106 valence electrons. The van der Waals surface area contributed by atoms with Crippen LogP contribution < -0.4 is 4.90 Å². The van der Waals surface area contributed by atoms with Crippen molar-refractivity contribution in [2.45, 2.75) is 31.9 Å². The van der Waals surface area contributed by atoms with Gasteiger partial charge in [0.15, 0.2) is 0 Å². The molecule has 0 spiro atoms. The third kappa shape index (κ3) is 3.07. The van der Waals surface area contributed by atoms with E-state index in [1.54, 1.807) is 13.0 Å². The predicted octanol–water partition coefficient (Wildman–Crippen LogP) is 2.41. The molecular formula is C15H23FN2O. The summed E-state index contributed by atoms with van der Waals surface area (Å²) in [5.41, 5.74) is 1.27. The fourth-order valence-electron chi connectivity index (χ4n) is 2.95. The first-order valence-electron chi connectivity index (χ1n) is 6.88. The summed E-state index contributed by atoms with van der Waals surface area (Å²) in [7, 11) is 4.11. The number of aliphatic hydroxyl groups is 1. The molecule has 0 amide bonds. The highest BCUT2D eigenvalue weighted by Gasteiger charge is 2.28. The van der Waals surface area contributed by atoms with Gasteiger partial charge < -0.3 is 14.9 Å². The van der Waals surface area contributed by atoms with Crippen molar-refractivity contribution in [1.29, 1.82) is 0 Å². The van der Waals surface area contributed by atoms with E-state index >= 15 is 0 Å². The van der Waals surface area contributed by atoms with Gasteiger partial charge in [0.05, 0.1) is 6.10 Å². The molecule has 3 nitrogen and oxygen atoms in total. The van der Waals surface area contributed by atoms with E-state index in [4.69, 9.17) is 0 Å². The largest absolute Gasteiger partial charge is 0.389 e. The molecule has 1 aliphatic rings. The molecule has 0 aromatic heterocycles. The van der Waals surface area contributed by atoms with Crippen LogP contribution in [0.3, 0.4) is 0 Å². The summed E-state index contributed by atoms with van der Waals surface area (Å²) < 4.78 is 13.9. The van der Waals surface area contributed by atoms with Gasteiger partial charge >= 0.3 is 0 Å². The van der Waals surface area contributed by atoms with Crippen LogP contribution in [0.15, 0.2) is 18.2 Å². The summed E-state index contributed by atoms with van der Waals surface area (Å²) in [4.78, 5) is 4.40. The van der Waals surface area contributed by atoms with Crippen LogP contribution in [-0.4, -0.2) is 43.2 Å². The molecule has 1 aromatic rings. The van der Waals surface area contributed by atoms with E-state index in [0.717, 1.165) is 31.6 Å². The minimum Gasteiger partial charge on any atom is -0.389 e. The molecule has 1 N–H and O–H groups in total. The highest BCUT2D eigenvalue weighted by Crippen LogP contribution is 2.33. The second kappa shape index (κ2) is 5.88. The SMILES string of the molecule is C[C@H](O)c1c(F)cccc1N1CCCC1CN(C)C. The van der Waals surface area contributed by atoms with E-state index in [9.17, 15) is 9.50 Å². The lowest BCUT2D eigenvalue weighted by Crippen LogP contribution is -2.38. The average molecular weight is 266 g/mol. The smallest absolute Gasteiger partial charge is 0.131 e. The molecule has 0 radical (unpaired) electrons. The maximum absolute atomic E-state index is 13.9. The van der Waals surface area contributed by atoms with E-state index in [1.165, 1.54) is 6.07 Å². The first kappa shape index (κ1) is 14.3. The van der Waals surface area contributed by atoms with Gasteiger partial charge in [-0.2, -0.15) is 0 Å². The molecule has 1 aromatic carbocycles. The number of hydrogen-bond donors (Lipinski definition) is 1. The number of hydrogen-bond acceptors (Lipinski definition) is 3. The van der Waals surface area contributed by atoms with E-state index in [0.29, 0.717) is 11.6 Å². The number of nitrogens with zero attached hydrogens (tertiary/aromatic N) is 2. The summed E-state index contributed by atoms with van der Waals surface area (Å²) in [6.07, 6.45) is 1.46. The lowest BCUT2D eigenvalue weighted by atomic mass is 10.1. The van der Waals surface area contributed by atoms with Crippen molar-refractivity contribution in [3.05, 3.63) is 29.6 Å². The molecular weight excluding hydrogens is 243 g/mol. The zero-order chi connectivity index (χ0) is 14.0. The van der Waals surface area contributed by atoms with Crippen LogP contribution >= 0.6 is 0 Å². The van der Waals surface area contributed by atoms with Gasteiger partial charge in [0, 0.05) is 30.4 Å². The van der Waals surface area contributed by atoms with Gasteiger partial charge in [-0.25, -0.2) is 4.39 Å². The molecule has 19 heavy (non-hydrogen) atoms. The average Bonchev–Trinajstić information content (AvgIpc) is 2.75. The molecule has 0 aliphatic carbocycles. The highest BCUT2D eigenvalue weighted by atomic mass is 19.1. The van der Waals surface area contributed by atoms with Gasteiger partial charge in [0.25, 0.3) is 0 Å². The topological polar surface area (TPSA) is 26.7 Å². The quantitative estimate of drug-likeness (QED) is 0.906. The number of anilines is 1. The first-order chi connectivity index (χ1) is 9.00. The van der Waals surface area contributed by atoms with E-state index in [-0.39, 0.29) is 5.82 Å². The Morgan fingerprint density at radius 1 is 1.47 bits per heavy atom. The standard InChI is InChI=1S/C15H23FN2O/c1-11(19)15-13(16)7-4-8-14(15)18-9-5-6-12(18)10-17(2)3/h4,7-8,11-12,19H,5-6,9-10H2,1-3H3/t11-,12?/m0/s1. The maximum Gasteiger partial charge on any atom is 0.131 e.